The fourth-order valence-electron chi connectivity index (χ4n) is 2.88. The van der Waals surface area contributed by atoms with E-state index in [1.807, 2.05) is 6.07 Å². The first-order chi connectivity index (χ1) is 11.0. The number of halogens is 1. The van der Waals surface area contributed by atoms with Gasteiger partial charge in [0.2, 0.25) is 0 Å². The summed E-state index contributed by atoms with van der Waals surface area (Å²) in [4.78, 5) is 16.5. The van der Waals surface area contributed by atoms with E-state index in [4.69, 9.17) is 5.73 Å². The first-order valence-electron chi connectivity index (χ1n) is 7.70. The molecule has 1 heterocycles. The Balaban J connectivity index is 1.69. The molecule has 0 saturated carbocycles. The lowest BCUT2D eigenvalue weighted by Gasteiger charge is -2.36. The molecule has 0 radical (unpaired) electrons. The van der Waals surface area contributed by atoms with Crippen LogP contribution in [0.1, 0.15) is 15.9 Å². The average Bonchev–Trinajstić information content (AvgIpc) is 2.56. The maximum Gasteiger partial charge on any atom is 0.256 e. The largest absolute Gasteiger partial charge is 0.398 e. The van der Waals surface area contributed by atoms with Gasteiger partial charge in [0.15, 0.2) is 0 Å². The molecule has 3 rings (SSSR count). The average molecular weight is 313 g/mol. The van der Waals surface area contributed by atoms with Crippen LogP contribution in [0.4, 0.5) is 15.8 Å². The third-order valence-corrected chi connectivity index (χ3v) is 4.18. The van der Waals surface area contributed by atoms with Crippen molar-refractivity contribution in [1.82, 2.24) is 4.90 Å². The van der Waals surface area contributed by atoms with E-state index in [-0.39, 0.29) is 11.5 Å². The Labute approximate surface area is 135 Å². The lowest BCUT2D eigenvalue weighted by molar-refractivity contribution is 0.0747. The summed E-state index contributed by atoms with van der Waals surface area (Å²) in [5.74, 6) is -0.646. The molecule has 4 nitrogen and oxygen atoms in total. The highest BCUT2D eigenvalue weighted by Crippen LogP contribution is 2.20. The van der Waals surface area contributed by atoms with Gasteiger partial charge in [-0.25, -0.2) is 4.39 Å². The predicted octanol–water partition coefficient (Wildman–Crippen LogP) is 2.68. The number of amides is 1. The summed E-state index contributed by atoms with van der Waals surface area (Å²) in [6.45, 7) is 4.77. The number of carbonyl (C=O) groups excluding carboxylic acids is 1. The molecular weight excluding hydrogens is 293 g/mol. The van der Waals surface area contributed by atoms with Crippen molar-refractivity contribution in [3.05, 3.63) is 59.4 Å². The molecule has 23 heavy (non-hydrogen) atoms. The van der Waals surface area contributed by atoms with Gasteiger partial charge in [0.1, 0.15) is 5.82 Å². The zero-order valence-corrected chi connectivity index (χ0v) is 13.1. The zero-order chi connectivity index (χ0) is 16.4. The fourth-order valence-corrected chi connectivity index (χ4v) is 2.88. The van der Waals surface area contributed by atoms with Crippen LogP contribution in [-0.4, -0.2) is 37.0 Å². The highest BCUT2D eigenvalue weighted by atomic mass is 19.1. The minimum atomic E-state index is -0.444. The molecule has 1 amide bonds. The molecule has 0 bridgehead atoms. The van der Waals surface area contributed by atoms with Crippen molar-refractivity contribution in [3.63, 3.8) is 0 Å². The summed E-state index contributed by atoms with van der Waals surface area (Å²) < 4.78 is 13.4. The summed E-state index contributed by atoms with van der Waals surface area (Å²) in [6, 6.07) is 12.2. The van der Waals surface area contributed by atoms with E-state index in [1.54, 1.807) is 4.90 Å². The van der Waals surface area contributed by atoms with Crippen molar-refractivity contribution in [2.75, 3.05) is 36.8 Å². The van der Waals surface area contributed by atoms with E-state index in [2.05, 4.69) is 30.0 Å². The predicted molar refractivity (Wildman–Crippen MR) is 90.1 cm³/mol. The van der Waals surface area contributed by atoms with Crippen molar-refractivity contribution >= 4 is 17.3 Å². The Hall–Kier alpha value is -2.56. The molecule has 2 aromatic rings. The standard InChI is InChI=1S/C18H20FN3O/c1-13-3-2-4-15(11-13)21-7-9-22(10-8-21)18(23)16-12-14(19)5-6-17(16)20/h2-6,11-12H,7-10,20H2,1H3. The van der Waals surface area contributed by atoms with Gasteiger partial charge in [-0.3, -0.25) is 4.79 Å². The lowest BCUT2D eigenvalue weighted by Crippen LogP contribution is -2.49. The van der Waals surface area contributed by atoms with Gasteiger partial charge in [-0.15, -0.1) is 0 Å². The molecule has 1 aliphatic heterocycles. The zero-order valence-electron chi connectivity index (χ0n) is 13.1. The van der Waals surface area contributed by atoms with Crippen molar-refractivity contribution in [1.29, 1.82) is 0 Å². The van der Waals surface area contributed by atoms with Crippen LogP contribution < -0.4 is 10.6 Å². The molecule has 1 aliphatic rings. The Morgan fingerprint density at radius 3 is 2.52 bits per heavy atom. The highest BCUT2D eigenvalue weighted by Gasteiger charge is 2.23. The molecule has 1 fully saturated rings. The smallest absolute Gasteiger partial charge is 0.256 e. The van der Waals surface area contributed by atoms with Gasteiger partial charge in [-0.1, -0.05) is 12.1 Å². The monoisotopic (exact) mass is 313 g/mol. The number of rotatable bonds is 2. The van der Waals surface area contributed by atoms with E-state index in [1.165, 1.54) is 29.4 Å². The number of benzene rings is 2. The molecule has 1 saturated heterocycles. The SMILES string of the molecule is Cc1cccc(N2CCN(C(=O)c3cc(F)ccc3N)CC2)c1. The third-order valence-electron chi connectivity index (χ3n) is 4.18. The van der Waals surface area contributed by atoms with E-state index in [0.29, 0.717) is 18.8 Å². The maximum atomic E-state index is 13.4. The molecule has 0 aromatic heterocycles. The molecule has 120 valence electrons. The van der Waals surface area contributed by atoms with Crippen molar-refractivity contribution < 1.29 is 9.18 Å². The quantitative estimate of drug-likeness (QED) is 0.867. The number of nitrogens with zero attached hydrogens (tertiary/aromatic N) is 2. The number of nitrogen functional groups attached to an aromatic ring is 1. The minimum absolute atomic E-state index is 0.203. The molecule has 2 aromatic carbocycles. The summed E-state index contributed by atoms with van der Waals surface area (Å²) in [7, 11) is 0. The molecule has 0 unspecified atom stereocenters. The normalized spacial score (nSPS) is 14.9. The van der Waals surface area contributed by atoms with Crippen LogP contribution in [0.2, 0.25) is 0 Å². The summed E-state index contributed by atoms with van der Waals surface area (Å²) in [6.07, 6.45) is 0. The van der Waals surface area contributed by atoms with E-state index in [0.717, 1.165) is 13.1 Å². The van der Waals surface area contributed by atoms with Crippen LogP contribution in [0.5, 0.6) is 0 Å². The summed E-state index contributed by atoms with van der Waals surface area (Å²) >= 11 is 0. The van der Waals surface area contributed by atoms with Crippen molar-refractivity contribution in [3.8, 4) is 0 Å². The Bertz CT molecular complexity index is 724. The second kappa shape index (κ2) is 6.28. The number of anilines is 2. The van der Waals surface area contributed by atoms with E-state index >= 15 is 0 Å². The summed E-state index contributed by atoms with van der Waals surface area (Å²) in [5.41, 5.74) is 8.75. The fraction of sp³-hybridized carbons (Fsp3) is 0.278. The van der Waals surface area contributed by atoms with Gasteiger partial charge < -0.3 is 15.5 Å². The third kappa shape index (κ3) is 3.28. The van der Waals surface area contributed by atoms with Crippen molar-refractivity contribution in [2.45, 2.75) is 6.92 Å². The Kier molecular flexibility index (Phi) is 4.19. The van der Waals surface area contributed by atoms with Gasteiger partial charge in [-0.05, 0) is 42.8 Å². The number of hydrogen-bond acceptors (Lipinski definition) is 3. The number of nitrogens with two attached hydrogens (primary N) is 1. The van der Waals surface area contributed by atoms with Crippen LogP contribution in [0, 0.1) is 12.7 Å². The molecule has 0 aliphatic carbocycles. The van der Waals surface area contributed by atoms with Gasteiger partial charge in [0.25, 0.3) is 5.91 Å². The molecular formula is C18H20FN3O. The van der Waals surface area contributed by atoms with Gasteiger partial charge in [0.05, 0.1) is 5.56 Å². The van der Waals surface area contributed by atoms with E-state index in [9.17, 15) is 9.18 Å². The number of carbonyl (C=O) groups is 1. The molecule has 0 spiro atoms. The van der Waals surface area contributed by atoms with Crippen LogP contribution in [0.15, 0.2) is 42.5 Å². The number of hydrogen-bond donors (Lipinski definition) is 1. The van der Waals surface area contributed by atoms with Gasteiger partial charge >= 0.3 is 0 Å². The van der Waals surface area contributed by atoms with Crippen LogP contribution >= 0.6 is 0 Å². The second-order valence-electron chi connectivity index (χ2n) is 5.85. The van der Waals surface area contributed by atoms with Crippen molar-refractivity contribution in [2.24, 2.45) is 0 Å². The van der Waals surface area contributed by atoms with Gasteiger partial charge in [0, 0.05) is 37.6 Å². The first-order valence-corrected chi connectivity index (χ1v) is 7.70. The Morgan fingerprint density at radius 2 is 1.83 bits per heavy atom. The topological polar surface area (TPSA) is 49.6 Å². The number of piperazine rings is 1. The van der Waals surface area contributed by atoms with E-state index < -0.39 is 5.82 Å². The minimum Gasteiger partial charge on any atom is -0.398 e. The highest BCUT2D eigenvalue weighted by molar-refractivity contribution is 5.99. The summed E-state index contributed by atoms with van der Waals surface area (Å²) in [5, 5.41) is 0. The first kappa shape index (κ1) is 15.3. The number of aryl methyl sites for hydroxylation is 1. The Morgan fingerprint density at radius 1 is 1.09 bits per heavy atom. The second-order valence-corrected chi connectivity index (χ2v) is 5.85. The maximum absolute atomic E-state index is 13.4. The lowest BCUT2D eigenvalue weighted by atomic mass is 10.1. The van der Waals surface area contributed by atoms with Gasteiger partial charge in [-0.2, -0.15) is 0 Å². The molecule has 0 atom stereocenters. The van der Waals surface area contributed by atoms with Crippen LogP contribution in [0.25, 0.3) is 0 Å². The molecule has 2 N–H and O–H groups in total. The molecule has 5 heteroatoms. The van der Waals surface area contributed by atoms with Crippen LogP contribution in [0.3, 0.4) is 0 Å². The van der Waals surface area contributed by atoms with Crippen LogP contribution in [-0.2, 0) is 0 Å².